The molecule has 2 rings (SSSR count). The summed E-state index contributed by atoms with van der Waals surface area (Å²) in [5.41, 5.74) is -0.0495. The Morgan fingerprint density at radius 3 is 2.78 bits per heavy atom. The van der Waals surface area contributed by atoms with Gasteiger partial charge in [-0.2, -0.15) is 0 Å². The first-order valence-corrected chi connectivity index (χ1v) is 5.09. The zero-order chi connectivity index (χ0) is 13.0. The summed E-state index contributed by atoms with van der Waals surface area (Å²) in [5, 5.41) is 9.78. The van der Waals surface area contributed by atoms with Crippen molar-refractivity contribution in [1.29, 1.82) is 0 Å². The van der Waals surface area contributed by atoms with Gasteiger partial charge in [-0.25, -0.2) is 4.79 Å². The number of fused-ring (bicyclic) bond motifs is 1. The third-order valence-corrected chi connectivity index (χ3v) is 2.14. The smallest absolute Gasteiger partial charge is 0.336 e. The van der Waals surface area contributed by atoms with Crippen molar-refractivity contribution in [2.75, 3.05) is 13.2 Å². The van der Waals surface area contributed by atoms with Crippen molar-refractivity contribution in [1.82, 2.24) is 0 Å². The van der Waals surface area contributed by atoms with Gasteiger partial charge in [0.05, 0.1) is 0 Å². The van der Waals surface area contributed by atoms with E-state index in [0.717, 1.165) is 5.39 Å². The molecule has 0 aliphatic rings. The van der Waals surface area contributed by atoms with Gasteiger partial charge in [-0.1, -0.05) is 0 Å². The lowest BCUT2D eigenvalue weighted by Gasteiger charge is -2.05. The summed E-state index contributed by atoms with van der Waals surface area (Å²) in [7, 11) is 0. The molecule has 18 heavy (non-hydrogen) atoms. The van der Waals surface area contributed by atoms with Gasteiger partial charge < -0.3 is 14.0 Å². The molecule has 2 aromatic rings. The van der Waals surface area contributed by atoms with E-state index in [1.807, 2.05) is 0 Å². The molecule has 0 aliphatic heterocycles. The van der Waals surface area contributed by atoms with E-state index in [1.165, 1.54) is 6.07 Å². The number of ether oxygens (including phenoxy) is 1. The Morgan fingerprint density at radius 2 is 2.00 bits per heavy atom. The molecular weight excluding hydrogens is 242 g/mol. The molecule has 0 radical (unpaired) electrons. The summed E-state index contributed by atoms with van der Waals surface area (Å²) in [4.78, 5) is 25.0. The second-order valence-corrected chi connectivity index (χ2v) is 3.36. The first-order valence-electron chi connectivity index (χ1n) is 5.09. The van der Waals surface area contributed by atoms with E-state index in [-0.39, 0.29) is 13.2 Å². The van der Waals surface area contributed by atoms with Crippen molar-refractivity contribution < 1.29 is 19.1 Å². The van der Waals surface area contributed by atoms with Gasteiger partial charge in [0.25, 0.3) is 5.09 Å². The van der Waals surface area contributed by atoms with Crippen LogP contribution >= 0.6 is 0 Å². The molecule has 0 amide bonds. The van der Waals surface area contributed by atoms with E-state index in [4.69, 9.17) is 9.15 Å². The summed E-state index contributed by atoms with van der Waals surface area (Å²) in [5.74, 6) is 0.448. The second kappa shape index (κ2) is 5.17. The number of hydrogen-bond acceptors (Lipinski definition) is 6. The third-order valence-electron chi connectivity index (χ3n) is 2.14. The molecule has 7 heteroatoms. The van der Waals surface area contributed by atoms with Crippen molar-refractivity contribution in [3.8, 4) is 5.75 Å². The Balaban J connectivity index is 2.05. The van der Waals surface area contributed by atoms with Crippen molar-refractivity contribution >= 4 is 11.0 Å². The predicted octanol–water partition coefficient (Wildman–Crippen LogP) is 1.38. The van der Waals surface area contributed by atoms with Gasteiger partial charge in [-0.05, 0) is 18.2 Å². The molecule has 0 fully saturated rings. The number of nitrogens with zero attached hydrogens (tertiary/aromatic N) is 1. The van der Waals surface area contributed by atoms with Gasteiger partial charge in [0, 0.05) is 17.5 Å². The predicted molar refractivity (Wildman–Crippen MR) is 60.9 cm³/mol. The number of benzene rings is 1. The Morgan fingerprint density at radius 1 is 1.22 bits per heavy atom. The molecule has 0 saturated heterocycles. The normalized spacial score (nSPS) is 10.2. The van der Waals surface area contributed by atoms with E-state index in [2.05, 4.69) is 4.84 Å². The molecule has 7 nitrogen and oxygen atoms in total. The van der Waals surface area contributed by atoms with Crippen molar-refractivity contribution in [2.45, 2.75) is 0 Å². The lowest BCUT2D eigenvalue weighted by atomic mass is 10.2. The molecule has 1 aromatic carbocycles. The highest BCUT2D eigenvalue weighted by atomic mass is 17.0. The minimum Gasteiger partial charge on any atom is -0.491 e. The van der Waals surface area contributed by atoms with E-state index >= 15 is 0 Å². The van der Waals surface area contributed by atoms with Crippen LogP contribution in [-0.2, 0) is 4.84 Å². The standard InChI is InChI=1S/C11H9NO6/c13-11-4-2-8-1-3-9(7-10(8)18-11)16-5-6-17-12(14)15/h1-4,7H,5-6H2. The summed E-state index contributed by atoms with van der Waals surface area (Å²) < 4.78 is 10.2. The largest absolute Gasteiger partial charge is 0.491 e. The van der Waals surface area contributed by atoms with Crippen LogP contribution < -0.4 is 10.4 Å². The van der Waals surface area contributed by atoms with Crippen molar-refractivity contribution in [3.63, 3.8) is 0 Å². The van der Waals surface area contributed by atoms with Gasteiger partial charge in [0.2, 0.25) is 0 Å². The van der Waals surface area contributed by atoms with Crippen LogP contribution in [0.1, 0.15) is 0 Å². The highest BCUT2D eigenvalue weighted by molar-refractivity contribution is 5.77. The van der Waals surface area contributed by atoms with Gasteiger partial charge in [-0.15, -0.1) is 10.1 Å². The Hall–Kier alpha value is -2.57. The topological polar surface area (TPSA) is 91.8 Å². The summed E-state index contributed by atoms with van der Waals surface area (Å²) >= 11 is 0. The molecule has 0 saturated carbocycles. The molecule has 1 heterocycles. The fourth-order valence-electron chi connectivity index (χ4n) is 1.40. The minimum absolute atomic E-state index is 0.0313. The molecule has 0 spiro atoms. The molecule has 1 aromatic heterocycles. The van der Waals surface area contributed by atoms with Gasteiger partial charge >= 0.3 is 5.63 Å². The quantitative estimate of drug-likeness (QED) is 0.345. The zero-order valence-electron chi connectivity index (χ0n) is 9.20. The summed E-state index contributed by atoms with van der Waals surface area (Å²) in [6.45, 7) is -0.132. The Labute approximate surface area is 101 Å². The lowest BCUT2D eigenvalue weighted by molar-refractivity contribution is -0.757. The molecule has 0 aliphatic carbocycles. The zero-order valence-corrected chi connectivity index (χ0v) is 9.20. The average Bonchev–Trinajstić information content (AvgIpc) is 2.34. The van der Waals surface area contributed by atoms with E-state index in [0.29, 0.717) is 11.3 Å². The van der Waals surface area contributed by atoms with Crippen LogP contribution in [0.5, 0.6) is 5.75 Å². The maximum Gasteiger partial charge on any atom is 0.336 e. The number of rotatable bonds is 5. The van der Waals surface area contributed by atoms with Crippen LogP contribution in [-0.4, -0.2) is 18.3 Å². The van der Waals surface area contributed by atoms with Crippen LogP contribution in [0.4, 0.5) is 0 Å². The monoisotopic (exact) mass is 251 g/mol. The fraction of sp³-hybridized carbons (Fsp3) is 0.182. The van der Waals surface area contributed by atoms with Crippen LogP contribution in [0, 0.1) is 10.1 Å². The summed E-state index contributed by atoms with van der Waals surface area (Å²) in [6, 6.07) is 7.91. The average molecular weight is 251 g/mol. The third kappa shape index (κ3) is 2.97. The number of hydrogen-bond donors (Lipinski definition) is 0. The van der Waals surface area contributed by atoms with Crippen molar-refractivity contribution in [3.05, 3.63) is 50.9 Å². The van der Waals surface area contributed by atoms with E-state index in [9.17, 15) is 14.9 Å². The highest BCUT2D eigenvalue weighted by Crippen LogP contribution is 2.19. The molecule has 0 bridgehead atoms. The molecular formula is C11H9NO6. The SMILES string of the molecule is O=c1ccc2ccc(OCCO[N+](=O)[O-])cc2o1. The van der Waals surface area contributed by atoms with E-state index in [1.54, 1.807) is 24.3 Å². The fourth-order valence-corrected chi connectivity index (χ4v) is 1.40. The molecule has 94 valence electrons. The molecule has 0 unspecified atom stereocenters. The van der Waals surface area contributed by atoms with Crippen LogP contribution in [0.3, 0.4) is 0 Å². The maximum absolute atomic E-state index is 11.0. The first-order chi connectivity index (χ1) is 8.65. The van der Waals surface area contributed by atoms with Gasteiger partial charge in [0.1, 0.15) is 24.5 Å². The Bertz CT molecular complexity index is 620. The lowest BCUT2D eigenvalue weighted by Crippen LogP contribution is -2.10. The van der Waals surface area contributed by atoms with Crippen LogP contribution in [0.2, 0.25) is 0 Å². The Kier molecular flexibility index (Phi) is 3.42. The minimum atomic E-state index is -0.886. The van der Waals surface area contributed by atoms with Crippen LogP contribution in [0.15, 0.2) is 39.5 Å². The first kappa shape index (κ1) is 11.9. The second-order valence-electron chi connectivity index (χ2n) is 3.36. The summed E-state index contributed by atoms with van der Waals surface area (Å²) in [6.07, 6.45) is 0. The molecule has 0 N–H and O–H groups in total. The molecule has 0 atom stereocenters. The van der Waals surface area contributed by atoms with Crippen molar-refractivity contribution in [2.24, 2.45) is 0 Å². The maximum atomic E-state index is 11.0. The highest BCUT2D eigenvalue weighted by Gasteiger charge is 2.01. The van der Waals surface area contributed by atoms with Crippen LogP contribution in [0.25, 0.3) is 11.0 Å². The van der Waals surface area contributed by atoms with Gasteiger partial charge in [0.15, 0.2) is 0 Å². The van der Waals surface area contributed by atoms with Gasteiger partial charge in [-0.3, -0.25) is 0 Å². The van der Waals surface area contributed by atoms with E-state index < -0.39 is 10.7 Å².